The average Bonchev–Trinajstić information content (AvgIpc) is 2.98. The first-order chi connectivity index (χ1) is 15.7. The van der Waals surface area contributed by atoms with Crippen molar-refractivity contribution < 1.29 is 27.3 Å². The number of benzene rings is 2. The van der Waals surface area contributed by atoms with Gasteiger partial charge in [0.1, 0.15) is 23.7 Å². The van der Waals surface area contributed by atoms with Crippen molar-refractivity contribution in [1.82, 2.24) is 9.62 Å². The molecule has 0 aliphatic carbocycles. The molecule has 0 aromatic heterocycles. The van der Waals surface area contributed by atoms with Gasteiger partial charge in [0.05, 0.1) is 19.2 Å². The molecular formula is C23H24ClF3N2O3S. The predicted octanol–water partition coefficient (Wildman–Crippen LogP) is 3.97. The number of carbonyl (C=O) groups excluding carboxylic acids is 1. The molecule has 33 heavy (non-hydrogen) atoms. The van der Waals surface area contributed by atoms with Crippen molar-refractivity contribution in [3.8, 4) is 11.1 Å². The minimum Gasteiger partial charge on any atom is -0.598 e. The fraction of sp³-hybridized carbons (Fsp3) is 0.435. The highest BCUT2D eigenvalue weighted by molar-refractivity contribution is 7.89. The van der Waals surface area contributed by atoms with Crippen molar-refractivity contribution >= 4 is 28.9 Å². The van der Waals surface area contributed by atoms with Crippen LogP contribution in [0.25, 0.3) is 11.1 Å². The largest absolute Gasteiger partial charge is 0.598 e. The standard InChI is InChI=1S/C23H24ClF3N2O3S/c1-2-33(31)28-21-18(29(13-23(21,26)27)22(30)19-9-10-32-19)12-15-6-4-8-17(20(15)25)14-5-3-7-16(24)11-14/h3-8,11,18-19,21,28H,2,9-10,12-13H2,1H3/t18-,19?,21+,33?/m0/s1. The normalized spacial score (nSPS) is 25.0. The number of likely N-dealkylation sites (tertiary alicyclic amines) is 1. The molecule has 2 aliphatic heterocycles. The van der Waals surface area contributed by atoms with Crippen LogP contribution in [0.15, 0.2) is 42.5 Å². The Morgan fingerprint density at radius 2 is 2.06 bits per heavy atom. The maximum absolute atomic E-state index is 15.5. The molecule has 1 amide bonds. The van der Waals surface area contributed by atoms with Gasteiger partial charge in [-0.2, -0.15) is 0 Å². The van der Waals surface area contributed by atoms with Crippen molar-refractivity contribution in [1.29, 1.82) is 0 Å². The molecule has 2 aliphatic rings. The Morgan fingerprint density at radius 3 is 2.70 bits per heavy atom. The lowest BCUT2D eigenvalue weighted by molar-refractivity contribution is -0.158. The van der Waals surface area contributed by atoms with Crippen LogP contribution in [0.4, 0.5) is 13.2 Å². The lowest BCUT2D eigenvalue weighted by Crippen LogP contribution is -2.54. The van der Waals surface area contributed by atoms with Gasteiger partial charge in [-0.15, -0.1) is 4.72 Å². The smallest absolute Gasteiger partial charge is 0.286 e. The Balaban J connectivity index is 1.68. The van der Waals surface area contributed by atoms with E-state index in [0.717, 1.165) is 4.90 Å². The molecule has 0 saturated carbocycles. The van der Waals surface area contributed by atoms with Gasteiger partial charge in [0, 0.05) is 28.4 Å². The first kappa shape index (κ1) is 24.3. The quantitative estimate of drug-likeness (QED) is 0.584. The molecule has 2 aromatic rings. The van der Waals surface area contributed by atoms with Gasteiger partial charge in [-0.05, 0) is 36.6 Å². The molecular weight excluding hydrogens is 477 g/mol. The summed E-state index contributed by atoms with van der Waals surface area (Å²) in [7, 11) is 0. The summed E-state index contributed by atoms with van der Waals surface area (Å²) in [6, 6.07) is 8.73. The average molecular weight is 501 g/mol. The minimum atomic E-state index is -3.34. The van der Waals surface area contributed by atoms with Gasteiger partial charge >= 0.3 is 0 Å². The van der Waals surface area contributed by atoms with Crippen LogP contribution in [-0.4, -0.2) is 58.4 Å². The fourth-order valence-corrected chi connectivity index (χ4v) is 5.19. The van der Waals surface area contributed by atoms with Crippen LogP contribution >= 0.6 is 11.6 Å². The summed E-state index contributed by atoms with van der Waals surface area (Å²) >= 11 is 4.32. The van der Waals surface area contributed by atoms with E-state index in [4.69, 9.17) is 16.3 Å². The number of hydrogen-bond acceptors (Lipinski definition) is 4. The number of rotatable bonds is 7. The number of ether oxygens (including phenoxy) is 1. The molecule has 0 bridgehead atoms. The summed E-state index contributed by atoms with van der Waals surface area (Å²) in [5.74, 6) is -4.34. The van der Waals surface area contributed by atoms with E-state index >= 15 is 13.2 Å². The Morgan fingerprint density at radius 1 is 1.33 bits per heavy atom. The molecule has 2 fully saturated rings. The second-order valence-electron chi connectivity index (χ2n) is 8.17. The van der Waals surface area contributed by atoms with E-state index < -0.39 is 53.7 Å². The van der Waals surface area contributed by atoms with E-state index in [1.54, 1.807) is 43.3 Å². The van der Waals surface area contributed by atoms with Gasteiger partial charge in [0.25, 0.3) is 11.8 Å². The third-order valence-corrected chi connectivity index (χ3v) is 7.32. The van der Waals surface area contributed by atoms with Crippen molar-refractivity contribution in [2.45, 2.75) is 43.9 Å². The van der Waals surface area contributed by atoms with E-state index in [1.807, 2.05) is 0 Å². The fourth-order valence-electron chi connectivity index (χ4n) is 4.22. The summed E-state index contributed by atoms with van der Waals surface area (Å²) in [6.45, 7) is 1.15. The Kier molecular flexibility index (Phi) is 7.26. The molecule has 2 heterocycles. The van der Waals surface area contributed by atoms with Crippen molar-refractivity contribution in [2.75, 3.05) is 18.9 Å². The Bertz CT molecular complexity index is 1020. The van der Waals surface area contributed by atoms with Gasteiger partial charge in [-0.1, -0.05) is 41.9 Å². The van der Waals surface area contributed by atoms with Crippen LogP contribution in [0.2, 0.25) is 5.02 Å². The second kappa shape index (κ2) is 9.84. The molecule has 5 nitrogen and oxygen atoms in total. The summed E-state index contributed by atoms with van der Waals surface area (Å²) in [6.07, 6.45) is -0.501. The van der Waals surface area contributed by atoms with Gasteiger partial charge in [-0.3, -0.25) is 4.79 Å². The van der Waals surface area contributed by atoms with Gasteiger partial charge in [-0.25, -0.2) is 13.2 Å². The number of nitrogens with one attached hydrogen (secondary N) is 1. The first-order valence-electron chi connectivity index (χ1n) is 10.7. The highest BCUT2D eigenvalue weighted by atomic mass is 35.5. The number of halogens is 4. The zero-order valence-electron chi connectivity index (χ0n) is 17.9. The third-order valence-electron chi connectivity index (χ3n) is 6.04. The van der Waals surface area contributed by atoms with Crippen LogP contribution in [0.5, 0.6) is 0 Å². The summed E-state index contributed by atoms with van der Waals surface area (Å²) in [4.78, 5) is 13.9. The number of amides is 1. The molecule has 4 rings (SSSR count). The van der Waals surface area contributed by atoms with Crippen LogP contribution in [0.3, 0.4) is 0 Å². The van der Waals surface area contributed by atoms with Gasteiger partial charge < -0.3 is 14.2 Å². The lowest BCUT2D eigenvalue weighted by atomic mass is 9.95. The lowest BCUT2D eigenvalue weighted by Gasteiger charge is -2.33. The van der Waals surface area contributed by atoms with Gasteiger partial charge in [0.2, 0.25) is 0 Å². The highest BCUT2D eigenvalue weighted by Crippen LogP contribution is 2.37. The summed E-state index contributed by atoms with van der Waals surface area (Å²) < 4.78 is 65.3. The molecule has 4 atom stereocenters. The van der Waals surface area contributed by atoms with Crippen LogP contribution in [-0.2, 0) is 27.3 Å². The summed E-state index contributed by atoms with van der Waals surface area (Å²) in [5.41, 5.74) is 1.01. The maximum Gasteiger partial charge on any atom is 0.286 e. The third kappa shape index (κ3) is 5.02. The SMILES string of the molecule is CC[S+]([O-])N[C@@H]1[C@H](Cc2cccc(-c3cccc(Cl)c3)c2F)N(C(=O)C2CCO2)CC1(F)F. The molecule has 2 unspecified atom stereocenters. The van der Waals surface area contributed by atoms with Crippen molar-refractivity contribution in [3.05, 3.63) is 58.9 Å². The zero-order chi connectivity index (χ0) is 23.8. The molecule has 10 heteroatoms. The predicted molar refractivity (Wildman–Crippen MR) is 121 cm³/mol. The molecule has 1 N–H and O–H groups in total. The zero-order valence-corrected chi connectivity index (χ0v) is 19.5. The first-order valence-corrected chi connectivity index (χ1v) is 12.4. The monoisotopic (exact) mass is 500 g/mol. The minimum absolute atomic E-state index is 0.123. The Labute approximate surface area is 198 Å². The molecule has 178 valence electrons. The van der Waals surface area contributed by atoms with E-state index in [-0.39, 0.29) is 23.3 Å². The Hall–Kier alpha value is -1.78. The van der Waals surface area contributed by atoms with E-state index in [9.17, 15) is 9.35 Å². The molecule has 2 aromatic carbocycles. The second-order valence-corrected chi connectivity index (χ2v) is 10.1. The number of alkyl halides is 2. The number of nitrogens with zero attached hydrogens (tertiary/aromatic N) is 1. The molecule has 0 radical (unpaired) electrons. The molecule has 2 saturated heterocycles. The van der Waals surface area contributed by atoms with Crippen molar-refractivity contribution in [3.63, 3.8) is 0 Å². The van der Waals surface area contributed by atoms with Crippen LogP contribution < -0.4 is 4.72 Å². The number of hydrogen-bond donors (Lipinski definition) is 1. The summed E-state index contributed by atoms with van der Waals surface area (Å²) in [5, 5.41) is 0.441. The highest BCUT2D eigenvalue weighted by Gasteiger charge is 2.58. The van der Waals surface area contributed by atoms with Crippen molar-refractivity contribution in [2.24, 2.45) is 0 Å². The van der Waals surface area contributed by atoms with E-state index in [0.29, 0.717) is 23.6 Å². The van der Waals surface area contributed by atoms with Crippen LogP contribution in [0.1, 0.15) is 18.9 Å². The van der Waals surface area contributed by atoms with E-state index in [2.05, 4.69) is 4.72 Å². The topological polar surface area (TPSA) is 64.6 Å². The van der Waals surface area contributed by atoms with Crippen LogP contribution in [0, 0.1) is 5.82 Å². The van der Waals surface area contributed by atoms with E-state index in [1.165, 1.54) is 6.07 Å². The number of carbonyl (C=O) groups is 1. The maximum atomic E-state index is 15.5. The van der Waals surface area contributed by atoms with Gasteiger partial charge in [0.15, 0.2) is 0 Å². The molecule has 0 spiro atoms.